The molecule has 0 aliphatic rings. The van der Waals surface area contributed by atoms with Crippen LogP contribution in [0.2, 0.25) is 0 Å². The number of hydrogen-bond donors (Lipinski definition) is 1. The molecule has 0 bridgehead atoms. The molecule has 0 radical (unpaired) electrons. The lowest BCUT2D eigenvalue weighted by atomic mass is 10.2. The van der Waals surface area contributed by atoms with Crippen molar-refractivity contribution in [1.29, 1.82) is 0 Å². The predicted molar refractivity (Wildman–Crippen MR) is 72.1 cm³/mol. The minimum Gasteiger partial charge on any atom is -0.269 e. The Balaban J connectivity index is 2.43. The Morgan fingerprint density at radius 3 is 2.26 bits per heavy atom. The van der Waals surface area contributed by atoms with E-state index in [1.165, 1.54) is 0 Å². The first-order valence-corrected chi connectivity index (χ1v) is 6.98. The molecule has 0 atom stereocenters. The highest BCUT2D eigenvalue weighted by Crippen LogP contribution is 2.25. The fourth-order valence-corrected chi connectivity index (χ4v) is 2.77. The van der Waals surface area contributed by atoms with Crippen LogP contribution in [0.5, 0.6) is 0 Å². The third kappa shape index (κ3) is 2.00. The van der Waals surface area contributed by atoms with Gasteiger partial charge in [-0.05, 0) is 12.1 Å². The maximum Gasteiger partial charge on any atom is 0.365 e. The first-order chi connectivity index (χ1) is 9.07. The number of para-hydroxylation sites is 2. The number of imidazole rings is 1. The van der Waals surface area contributed by atoms with Gasteiger partial charge in [-0.1, -0.05) is 42.5 Å². The van der Waals surface area contributed by atoms with E-state index < -0.39 is 10.3 Å². The standard InChI is InChI=1S/C13H10N2O3S/c16-19(17,18)15-12-9-5-4-8-11(12)14-13(15)10-6-2-1-3-7-10/h1-9H,(H,16,17,18). The van der Waals surface area contributed by atoms with Gasteiger partial charge in [0.15, 0.2) is 5.82 Å². The van der Waals surface area contributed by atoms with Crippen LogP contribution in [0.4, 0.5) is 0 Å². The molecule has 3 rings (SSSR count). The van der Waals surface area contributed by atoms with Crippen LogP contribution in [0.25, 0.3) is 22.4 Å². The summed E-state index contributed by atoms with van der Waals surface area (Å²) in [5.41, 5.74) is 1.49. The summed E-state index contributed by atoms with van der Waals surface area (Å²) in [7, 11) is -4.41. The summed E-state index contributed by atoms with van der Waals surface area (Å²) >= 11 is 0. The van der Waals surface area contributed by atoms with E-state index in [9.17, 15) is 13.0 Å². The molecule has 0 spiro atoms. The zero-order valence-corrected chi connectivity index (χ0v) is 10.6. The highest BCUT2D eigenvalue weighted by Gasteiger charge is 2.20. The second-order valence-electron chi connectivity index (χ2n) is 4.03. The largest absolute Gasteiger partial charge is 0.365 e. The zero-order valence-electron chi connectivity index (χ0n) is 9.76. The van der Waals surface area contributed by atoms with Gasteiger partial charge in [-0.3, -0.25) is 4.55 Å². The third-order valence-electron chi connectivity index (χ3n) is 2.78. The lowest BCUT2D eigenvalue weighted by Crippen LogP contribution is -2.12. The minimum atomic E-state index is -4.41. The maximum atomic E-state index is 11.6. The van der Waals surface area contributed by atoms with Gasteiger partial charge in [-0.2, -0.15) is 12.4 Å². The fourth-order valence-electron chi connectivity index (χ4n) is 2.01. The van der Waals surface area contributed by atoms with Crippen molar-refractivity contribution in [2.24, 2.45) is 0 Å². The Bertz CT molecular complexity index is 839. The molecule has 96 valence electrons. The lowest BCUT2D eigenvalue weighted by Gasteiger charge is -2.04. The summed E-state index contributed by atoms with van der Waals surface area (Å²) in [6, 6.07) is 15.6. The van der Waals surface area contributed by atoms with E-state index in [2.05, 4.69) is 4.98 Å². The second-order valence-corrected chi connectivity index (χ2v) is 5.29. The van der Waals surface area contributed by atoms with Crippen LogP contribution >= 0.6 is 0 Å². The smallest absolute Gasteiger partial charge is 0.269 e. The summed E-state index contributed by atoms with van der Waals surface area (Å²) in [6.07, 6.45) is 0. The van der Waals surface area contributed by atoms with Gasteiger partial charge in [-0.15, -0.1) is 0 Å². The molecule has 0 saturated carbocycles. The number of rotatable bonds is 2. The van der Waals surface area contributed by atoms with Gasteiger partial charge in [-0.25, -0.2) is 4.98 Å². The highest BCUT2D eigenvalue weighted by atomic mass is 32.2. The van der Waals surface area contributed by atoms with Crippen LogP contribution in [-0.4, -0.2) is 21.9 Å². The van der Waals surface area contributed by atoms with Crippen molar-refractivity contribution in [1.82, 2.24) is 8.96 Å². The molecule has 0 fully saturated rings. The molecule has 0 aliphatic carbocycles. The molecule has 1 N–H and O–H groups in total. The van der Waals surface area contributed by atoms with E-state index in [1.54, 1.807) is 48.5 Å². The molecular weight excluding hydrogens is 264 g/mol. The van der Waals surface area contributed by atoms with E-state index in [1.807, 2.05) is 6.07 Å². The van der Waals surface area contributed by atoms with E-state index >= 15 is 0 Å². The van der Waals surface area contributed by atoms with E-state index in [-0.39, 0.29) is 5.82 Å². The molecular formula is C13H10N2O3S. The van der Waals surface area contributed by atoms with Crippen molar-refractivity contribution in [3.05, 3.63) is 54.6 Å². The number of fused-ring (bicyclic) bond motifs is 1. The normalized spacial score (nSPS) is 11.8. The molecule has 3 aromatic rings. The van der Waals surface area contributed by atoms with Crippen molar-refractivity contribution in [2.45, 2.75) is 0 Å². The van der Waals surface area contributed by atoms with E-state index in [0.29, 0.717) is 16.6 Å². The van der Waals surface area contributed by atoms with Crippen molar-refractivity contribution in [3.8, 4) is 11.4 Å². The van der Waals surface area contributed by atoms with Crippen molar-refractivity contribution in [3.63, 3.8) is 0 Å². The Labute approximate surface area is 110 Å². The van der Waals surface area contributed by atoms with Crippen LogP contribution in [0.3, 0.4) is 0 Å². The first-order valence-electron chi connectivity index (χ1n) is 5.58. The van der Waals surface area contributed by atoms with Crippen molar-refractivity contribution in [2.75, 3.05) is 0 Å². The van der Waals surface area contributed by atoms with Crippen LogP contribution in [0.1, 0.15) is 0 Å². The average molecular weight is 274 g/mol. The van der Waals surface area contributed by atoms with Crippen molar-refractivity contribution >= 4 is 21.3 Å². The van der Waals surface area contributed by atoms with Gasteiger partial charge in [0, 0.05) is 5.56 Å². The van der Waals surface area contributed by atoms with Crippen LogP contribution in [0.15, 0.2) is 54.6 Å². The average Bonchev–Trinajstić information content (AvgIpc) is 2.79. The first kappa shape index (κ1) is 11.9. The molecule has 5 nitrogen and oxygen atoms in total. The van der Waals surface area contributed by atoms with Crippen LogP contribution < -0.4 is 0 Å². The lowest BCUT2D eigenvalue weighted by molar-refractivity contribution is 0.475. The SMILES string of the molecule is O=S(=O)(O)n1c(-c2ccccc2)nc2ccccc21. The van der Waals surface area contributed by atoms with Crippen molar-refractivity contribution < 1.29 is 13.0 Å². The number of benzene rings is 2. The minimum absolute atomic E-state index is 0.198. The summed E-state index contributed by atoms with van der Waals surface area (Å²) in [4.78, 5) is 4.27. The third-order valence-corrected chi connectivity index (χ3v) is 3.61. The maximum absolute atomic E-state index is 11.6. The molecule has 0 aliphatic heterocycles. The highest BCUT2D eigenvalue weighted by molar-refractivity contribution is 7.84. The molecule has 1 heterocycles. The van der Waals surface area contributed by atoms with Gasteiger partial charge in [0.25, 0.3) is 0 Å². The van der Waals surface area contributed by atoms with Gasteiger partial charge in [0.2, 0.25) is 0 Å². The topological polar surface area (TPSA) is 72.2 Å². The van der Waals surface area contributed by atoms with Gasteiger partial charge in [0.05, 0.1) is 11.0 Å². The molecule has 6 heteroatoms. The number of aromatic nitrogens is 2. The number of nitrogens with zero attached hydrogens (tertiary/aromatic N) is 2. The zero-order chi connectivity index (χ0) is 13.5. The Hall–Kier alpha value is -2.18. The summed E-state index contributed by atoms with van der Waals surface area (Å²) in [6.45, 7) is 0. The summed E-state index contributed by atoms with van der Waals surface area (Å²) < 4.78 is 33.4. The summed E-state index contributed by atoms with van der Waals surface area (Å²) in [5, 5.41) is 0. The van der Waals surface area contributed by atoms with Crippen LogP contribution in [0, 0.1) is 0 Å². The quantitative estimate of drug-likeness (QED) is 0.728. The van der Waals surface area contributed by atoms with E-state index in [4.69, 9.17) is 0 Å². The monoisotopic (exact) mass is 274 g/mol. The van der Waals surface area contributed by atoms with Crippen LogP contribution in [-0.2, 0) is 10.3 Å². The molecule has 0 saturated heterocycles. The molecule has 2 aromatic carbocycles. The fraction of sp³-hybridized carbons (Fsp3) is 0. The molecule has 19 heavy (non-hydrogen) atoms. The van der Waals surface area contributed by atoms with Gasteiger partial charge < -0.3 is 0 Å². The Morgan fingerprint density at radius 1 is 0.947 bits per heavy atom. The Kier molecular flexibility index (Phi) is 2.62. The predicted octanol–water partition coefficient (Wildman–Crippen LogP) is 2.35. The Morgan fingerprint density at radius 2 is 1.58 bits per heavy atom. The second kappa shape index (κ2) is 4.18. The molecule has 1 aromatic heterocycles. The van der Waals surface area contributed by atoms with E-state index in [0.717, 1.165) is 3.97 Å². The van der Waals surface area contributed by atoms with Gasteiger partial charge in [0.1, 0.15) is 0 Å². The molecule has 0 amide bonds. The number of hydrogen-bond acceptors (Lipinski definition) is 3. The summed E-state index contributed by atoms with van der Waals surface area (Å²) in [5.74, 6) is 0.198. The molecule has 0 unspecified atom stereocenters. The van der Waals surface area contributed by atoms with Gasteiger partial charge >= 0.3 is 10.3 Å².